The van der Waals surface area contributed by atoms with E-state index >= 15 is 0 Å². The maximum Gasteiger partial charge on any atom is 0.132 e. The Morgan fingerprint density at radius 3 is 2.50 bits per heavy atom. The van der Waals surface area contributed by atoms with Gasteiger partial charge in [-0.1, -0.05) is 26.8 Å². The van der Waals surface area contributed by atoms with Gasteiger partial charge in [0.1, 0.15) is 5.82 Å². The van der Waals surface area contributed by atoms with Crippen molar-refractivity contribution in [3.05, 3.63) is 35.4 Å². The van der Waals surface area contributed by atoms with E-state index in [1.807, 2.05) is 0 Å². The largest absolute Gasteiger partial charge is 0.356 e. The summed E-state index contributed by atoms with van der Waals surface area (Å²) in [6, 6.07) is 8.97. The predicted octanol–water partition coefficient (Wildman–Crippen LogP) is 3.63. The lowest BCUT2D eigenvalue weighted by Gasteiger charge is -2.22. The zero-order valence-electron chi connectivity index (χ0n) is 14.0. The Morgan fingerprint density at radius 1 is 1.14 bits per heavy atom. The molecule has 3 heteroatoms. The number of nitrogens with two attached hydrogens (primary N) is 1. The van der Waals surface area contributed by atoms with Crippen LogP contribution in [0.2, 0.25) is 0 Å². The molecule has 1 aliphatic rings. The van der Waals surface area contributed by atoms with Gasteiger partial charge in [0.15, 0.2) is 0 Å². The normalized spacial score (nSPS) is 15.7. The highest BCUT2D eigenvalue weighted by Crippen LogP contribution is 2.30. The van der Waals surface area contributed by atoms with E-state index in [4.69, 9.17) is 10.7 Å². The average Bonchev–Trinajstić information content (AvgIpc) is 2.99. The molecule has 1 aliphatic heterocycles. The van der Waals surface area contributed by atoms with Crippen molar-refractivity contribution in [1.82, 2.24) is 4.98 Å². The molecular weight excluding hydrogens is 270 g/mol. The maximum atomic E-state index is 5.83. The molecule has 0 saturated carbocycles. The summed E-state index contributed by atoms with van der Waals surface area (Å²) in [5, 5.41) is 1.24. The van der Waals surface area contributed by atoms with Gasteiger partial charge in [-0.2, -0.15) is 0 Å². The molecule has 1 fully saturated rings. The molecule has 118 valence electrons. The first-order valence-electron chi connectivity index (χ1n) is 8.38. The summed E-state index contributed by atoms with van der Waals surface area (Å²) in [5.41, 5.74) is 9.73. The first-order chi connectivity index (χ1) is 10.5. The molecule has 1 aromatic heterocycles. The number of hydrogen-bond donors (Lipinski definition) is 1. The summed E-state index contributed by atoms with van der Waals surface area (Å²) >= 11 is 0. The van der Waals surface area contributed by atoms with E-state index in [9.17, 15) is 0 Å². The summed E-state index contributed by atoms with van der Waals surface area (Å²) in [4.78, 5) is 7.39. The summed E-state index contributed by atoms with van der Waals surface area (Å²) in [6.07, 6.45) is 3.43. The highest BCUT2D eigenvalue weighted by molar-refractivity contribution is 5.83. The van der Waals surface area contributed by atoms with Gasteiger partial charge in [0.2, 0.25) is 0 Å². The standard InChI is InChI=1S/C19H27N3/c1-19(2,3)16-6-7-17-15(13-16)12-14(8-9-20)18(21-17)22-10-4-5-11-22/h6-7,12-13H,4-5,8-11,20H2,1-3H3. The maximum absolute atomic E-state index is 5.83. The van der Waals surface area contributed by atoms with Gasteiger partial charge < -0.3 is 10.6 Å². The first-order valence-corrected chi connectivity index (χ1v) is 8.38. The van der Waals surface area contributed by atoms with Crippen LogP contribution in [0.4, 0.5) is 5.82 Å². The van der Waals surface area contributed by atoms with Crippen LogP contribution in [0.15, 0.2) is 24.3 Å². The van der Waals surface area contributed by atoms with Crippen molar-refractivity contribution < 1.29 is 0 Å². The fourth-order valence-corrected chi connectivity index (χ4v) is 3.22. The Morgan fingerprint density at radius 2 is 1.86 bits per heavy atom. The number of fused-ring (bicyclic) bond motifs is 1. The lowest BCUT2D eigenvalue weighted by molar-refractivity contribution is 0.591. The highest BCUT2D eigenvalue weighted by Gasteiger charge is 2.19. The number of pyridine rings is 1. The number of hydrogen-bond acceptors (Lipinski definition) is 3. The molecule has 0 unspecified atom stereocenters. The molecule has 3 rings (SSSR count). The zero-order valence-corrected chi connectivity index (χ0v) is 14.0. The monoisotopic (exact) mass is 297 g/mol. The van der Waals surface area contributed by atoms with Gasteiger partial charge in [-0.25, -0.2) is 4.98 Å². The Hall–Kier alpha value is -1.61. The second-order valence-corrected chi connectivity index (χ2v) is 7.36. The zero-order chi connectivity index (χ0) is 15.7. The number of rotatable bonds is 3. The van der Waals surface area contributed by atoms with Crippen molar-refractivity contribution in [3.8, 4) is 0 Å². The van der Waals surface area contributed by atoms with Crippen molar-refractivity contribution in [3.63, 3.8) is 0 Å². The van der Waals surface area contributed by atoms with E-state index in [2.05, 4.69) is 49.9 Å². The molecule has 3 nitrogen and oxygen atoms in total. The smallest absolute Gasteiger partial charge is 0.132 e. The van der Waals surface area contributed by atoms with Crippen molar-refractivity contribution in [1.29, 1.82) is 0 Å². The van der Waals surface area contributed by atoms with Gasteiger partial charge in [-0.3, -0.25) is 0 Å². The third-order valence-corrected chi connectivity index (χ3v) is 4.56. The summed E-state index contributed by atoms with van der Waals surface area (Å²) in [6.45, 7) is 9.67. The fourth-order valence-electron chi connectivity index (χ4n) is 3.22. The molecule has 22 heavy (non-hydrogen) atoms. The van der Waals surface area contributed by atoms with Gasteiger partial charge in [0.25, 0.3) is 0 Å². The van der Waals surface area contributed by atoms with E-state index in [1.165, 1.54) is 29.4 Å². The number of aromatic nitrogens is 1. The van der Waals surface area contributed by atoms with E-state index in [0.717, 1.165) is 30.8 Å². The SMILES string of the molecule is CC(C)(C)c1ccc2nc(N3CCCC3)c(CCN)cc2c1. The lowest BCUT2D eigenvalue weighted by Crippen LogP contribution is -2.21. The van der Waals surface area contributed by atoms with Gasteiger partial charge in [-0.15, -0.1) is 0 Å². The number of benzene rings is 1. The fraction of sp³-hybridized carbons (Fsp3) is 0.526. The second-order valence-electron chi connectivity index (χ2n) is 7.36. The van der Waals surface area contributed by atoms with Crippen molar-refractivity contribution >= 4 is 16.7 Å². The second kappa shape index (κ2) is 5.88. The third-order valence-electron chi connectivity index (χ3n) is 4.56. The van der Waals surface area contributed by atoms with Crippen molar-refractivity contribution in [2.45, 2.75) is 45.4 Å². The van der Waals surface area contributed by atoms with Crippen molar-refractivity contribution in [2.24, 2.45) is 5.73 Å². The molecule has 0 atom stereocenters. The van der Waals surface area contributed by atoms with Crippen LogP contribution in [0.3, 0.4) is 0 Å². The summed E-state index contributed by atoms with van der Waals surface area (Å²) < 4.78 is 0. The molecular formula is C19H27N3. The van der Waals surface area contributed by atoms with Crippen LogP contribution >= 0.6 is 0 Å². The molecule has 2 N–H and O–H groups in total. The van der Waals surface area contributed by atoms with Crippen LogP contribution < -0.4 is 10.6 Å². The number of nitrogens with zero attached hydrogens (tertiary/aromatic N) is 2. The Bertz CT molecular complexity index is 664. The van der Waals surface area contributed by atoms with E-state index < -0.39 is 0 Å². The van der Waals surface area contributed by atoms with Crippen molar-refractivity contribution in [2.75, 3.05) is 24.5 Å². The minimum Gasteiger partial charge on any atom is -0.356 e. The molecule has 0 amide bonds. The molecule has 2 heterocycles. The number of anilines is 1. The first kappa shape index (κ1) is 15.3. The van der Waals surface area contributed by atoms with Gasteiger partial charge in [-0.05, 0) is 60.5 Å². The highest BCUT2D eigenvalue weighted by atomic mass is 15.2. The Labute approximate surface area is 133 Å². The summed E-state index contributed by atoms with van der Waals surface area (Å²) in [5.74, 6) is 1.15. The van der Waals surface area contributed by atoms with Gasteiger partial charge >= 0.3 is 0 Å². The Kier molecular flexibility index (Phi) is 4.09. The van der Waals surface area contributed by atoms with Crippen LogP contribution in [0, 0.1) is 0 Å². The third kappa shape index (κ3) is 2.95. The molecule has 2 aromatic rings. The lowest BCUT2D eigenvalue weighted by atomic mass is 9.86. The average molecular weight is 297 g/mol. The van der Waals surface area contributed by atoms with Crippen LogP contribution in [0.25, 0.3) is 10.9 Å². The molecule has 1 aromatic carbocycles. The summed E-state index contributed by atoms with van der Waals surface area (Å²) in [7, 11) is 0. The van der Waals surface area contributed by atoms with Gasteiger partial charge in [0, 0.05) is 18.5 Å². The van der Waals surface area contributed by atoms with Crippen LogP contribution in [0.1, 0.15) is 44.7 Å². The van der Waals surface area contributed by atoms with E-state index in [1.54, 1.807) is 0 Å². The minimum atomic E-state index is 0.163. The molecule has 0 spiro atoms. The minimum absolute atomic E-state index is 0.163. The van der Waals surface area contributed by atoms with Crippen LogP contribution in [-0.2, 0) is 11.8 Å². The molecule has 0 aliphatic carbocycles. The van der Waals surface area contributed by atoms with E-state index in [0.29, 0.717) is 6.54 Å². The van der Waals surface area contributed by atoms with E-state index in [-0.39, 0.29) is 5.41 Å². The molecule has 0 radical (unpaired) electrons. The Balaban J connectivity index is 2.10. The van der Waals surface area contributed by atoms with Crippen LogP contribution in [-0.4, -0.2) is 24.6 Å². The predicted molar refractivity (Wildman–Crippen MR) is 94.6 cm³/mol. The quantitative estimate of drug-likeness (QED) is 0.940. The topological polar surface area (TPSA) is 42.2 Å². The molecule has 0 bridgehead atoms. The van der Waals surface area contributed by atoms with Gasteiger partial charge in [0.05, 0.1) is 5.52 Å². The van der Waals surface area contributed by atoms with Crippen LogP contribution in [0.5, 0.6) is 0 Å². The molecule has 1 saturated heterocycles.